The number of nitrogens with zero attached hydrogens (tertiary/aromatic N) is 1. The fourth-order valence-electron chi connectivity index (χ4n) is 2.82. The predicted octanol–water partition coefficient (Wildman–Crippen LogP) is 1.04. The maximum atomic E-state index is 12.5. The number of amides is 2. The molecule has 0 aromatic heterocycles. The summed E-state index contributed by atoms with van der Waals surface area (Å²) in [6, 6.07) is 3.25. The van der Waals surface area contributed by atoms with E-state index in [0.717, 1.165) is 0 Å². The van der Waals surface area contributed by atoms with Crippen LogP contribution in [-0.4, -0.2) is 56.3 Å². The van der Waals surface area contributed by atoms with Crippen LogP contribution in [0.2, 0.25) is 0 Å². The molecule has 1 atom stereocenters. The van der Waals surface area contributed by atoms with E-state index in [4.69, 9.17) is 19.3 Å². The van der Waals surface area contributed by atoms with Gasteiger partial charge < -0.3 is 29.5 Å². The summed E-state index contributed by atoms with van der Waals surface area (Å²) in [6.45, 7) is 2.90. The molecule has 1 saturated heterocycles. The van der Waals surface area contributed by atoms with Crippen molar-refractivity contribution in [2.24, 2.45) is 5.92 Å². The summed E-state index contributed by atoms with van der Waals surface area (Å²) in [5.74, 6) is -1.37. The molecule has 0 aliphatic carbocycles. The highest BCUT2D eigenvalue weighted by Gasteiger charge is 2.39. The molecule has 148 valence electrons. The summed E-state index contributed by atoms with van der Waals surface area (Å²) in [7, 11) is 4.42. The van der Waals surface area contributed by atoms with Gasteiger partial charge in [0.2, 0.25) is 17.6 Å². The number of ether oxygens (including phenoxy) is 3. The van der Waals surface area contributed by atoms with E-state index in [-0.39, 0.29) is 18.9 Å². The summed E-state index contributed by atoms with van der Waals surface area (Å²) in [5.41, 5.74) is -0.914. The molecule has 0 bridgehead atoms. The molecular formula is C18H24N2O7. The number of carbonyl (C=O) groups excluding carboxylic acids is 2. The Kier molecular flexibility index (Phi) is 5.82. The molecule has 9 nitrogen and oxygen atoms in total. The van der Waals surface area contributed by atoms with Crippen LogP contribution in [0.3, 0.4) is 0 Å². The second-order valence-corrected chi connectivity index (χ2v) is 6.71. The molecule has 2 amide bonds. The van der Waals surface area contributed by atoms with Crippen molar-refractivity contribution in [3.63, 3.8) is 0 Å². The molecule has 1 aromatic carbocycles. The standard InChI is InChI=1S/C18H24N2O7/c1-18(2,17(23)24)19-16(22)10-6-14(21)20(9-10)11-7-12(25-3)15(27-5)13(8-11)26-4/h7-8,10H,6,9H2,1-5H3,(H,19,22)(H,23,24). The minimum absolute atomic E-state index is 0.0157. The Balaban J connectivity index is 2.25. The van der Waals surface area contributed by atoms with E-state index in [1.54, 1.807) is 12.1 Å². The minimum Gasteiger partial charge on any atom is -0.493 e. The molecule has 1 aromatic rings. The highest BCUT2D eigenvalue weighted by Crippen LogP contribution is 2.42. The summed E-state index contributed by atoms with van der Waals surface area (Å²) < 4.78 is 15.9. The molecular weight excluding hydrogens is 356 g/mol. The number of nitrogens with one attached hydrogen (secondary N) is 1. The smallest absolute Gasteiger partial charge is 0.328 e. The Labute approximate surface area is 157 Å². The van der Waals surface area contributed by atoms with Gasteiger partial charge in [-0.15, -0.1) is 0 Å². The predicted molar refractivity (Wildman–Crippen MR) is 96.4 cm³/mol. The van der Waals surface area contributed by atoms with Crippen LogP contribution in [-0.2, 0) is 14.4 Å². The van der Waals surface area contributed by atoms with E-state index in [1.165, 1.54) is 40.1 Å². The quantitative estimate of drug-likeness (QED) is 0.726. The molecule has 0 radical (unpaired) electrons. The first-order chi connectivity index (χ1) is 12.6. The number of methoxy groups -OCH3 is 3. The van der Waals surface area contributed by atoms with Crippen LogP contribution >= 0.6 is 0 Å². The van der Waals surface area contributed by atoms with Crippen molar-refractivity contribution in [2.75, 3.05) is 32.8 Å². The number of hydrogen-bond acceptors (Lipinski definition) is 6. The molecule has 2 rings (SSSR count). The van der Waals surface area contributed by atoms with Crippen molar-refractivity contribution in [3.05, 3.63) is 12.1 Å². The Morgan fingerprint density at radius 2 is 1.70 bits per heavy atom. The lowest BCUT2D eigenvalue weighted by molar-refractivity contribution is -0.146. The third-order valence-corrected chi connectivity index (χ3v) is 4.43. The monoisotopic (exact) mass is 380 g/mol. The van der Waals surface area contributed by atoms with Gasteiger partial charge in [-0.3, -0.25) is 9.59 Å². The van der Waals surface area contributed by atoms with E-state index < -0.39 is 23.3 Å². The van der Waals surface area contributed by atoms with Crippen LogP contribution in [0.5, 0.6) is 17.2 Å². The Hall–Kier alpha value is -2.97. The van der Waals surface area contributed by atoms with Gasteiger partial charge in [0, 0.05) is 25.1 Å². The van der Waals surface area contributed by atoms with Crippen LogP contribution in [0.15, 0.2) is 12.1 Å². The van der Waals surface area contributed by atoms with Crippen LogP contribution in [0.4, 0.5) is 5.69 Å². The van der Waals surface area contributed by atoms with E-state index >= 15 is 0 Å². The lowest BCUT2D eigenvalue weighted by atomic mass is 10.0. The van der Waals surface area contributed by atoms with Crippen LogP contribution < -0.4 is 24.4 Å². The number of rotatable bonds is 7. The average molecular weight is 380 g/mol. The van der Waals surface area contributed by atoms with Gasteiger partial charge >= 0.3 is 5.97 Å². The largest absolute Gasteiger partial charge is 0.493 e. The zero-order valence-corrected chi connectivity index (χ0v) is 16.0. The first-order valence-electron chi connectivity index (χ1n) is 8.30. The third-order valence-electron chi connectivity index (χ3n) is 4.43. The fourth-order valence-corrected chi connectivity index (χ4v) is 2.82. The first-order valence-corrected chi connectivity index (χ1v) is 8.30. The van der Waals surface area contributed by atoms with Crippen molar-refractivity contribution in [1.82, 2.24) is 5.32 Å². The van der Waals surface area contributed by atoms with Gasteiger partial charge in [-0.2, -0.15) is 0 Å². The van der Waals surface area contributed by atoms with E-state index in [1.807, 2.05) is 0 Å². The summed E-state index contributed by atoms with van der Waals surface area (Å²) in [5, 5.41) is 11.6. The topological polar surface area (TPSA) is 114 Å². The van der Waals surface area contributed by atoms with Gasteiger partial charge in [-0.05, 0) is 13.8 Å². The molecule has 1 fully saturated rings. The van der Waals surface area contributed by atoms with Gasteiger partial charge in [-0.1, -0.05) is 0 Å². The lowest BCUT2D eigenvalue weighted by Crippen LogP contribution is -2.51. The normalized spacial score (nSPS) is 16.9. The molecule has 2 N–H and O–H groups in total. The van der Waals surface area contributed by atoms with Gasteiger partial charge in [0.1, 0.15) is 5.54 Å². The van der Waals surface area contributed by atoms with E-state index in [0.29, 0.717) is 22.9 Å². The molecule has 1 aliphatic rings. The maximum Gasteiger partial charge on any atom is 0.328 e. The van der Waals surface area contributed by atoms with Gasteiger partial charge in [0.25, 0.3) is 0 Å². The number of carbonyl (C=O) groups is 3. The van der Waals surface area contributed by atoms with Gasteiger partial charge in [0.05, 0.1) is 32.9 Å². The van der Waals surface area contributed by atoms with Crippen molar-refractivity contribution in [1.29, 1.82) is 0 Å². The van der Waals surface area contributed by atoms with Gasteiger partial charge in [0.15, 0.2) is 11.5 Å². The third kappa shape index (κ3) is 4.07. The second kappa shape index (κ2) is 7.73. The van der Waals surface area contributed by atoms with Crippen LogP contribution in [0.1, 0.15) is 20.3 Å². The number of aliphatic carboxylic acids is 1. The van der Waals surface area contributed by atoms with Crippen LogP contribution in [0.25, 0.3) is 0 Å². The Morgan fingerprint density at radius 3 is 2.15 bits per heavy atom. The minimum atomic E-state index is -1.42. The molecule has 27 heavy (non-hydrogen) atoms. The maximum absolute atomic E-state index is 12.5. The van der Waals surface area contributed by atoms with E-state index in [9.17, 15) is 14.4 Å². The summed E-state index contributed by atoms with van der Waals surface area (Å²) in [4.78, 5) is 37.5. The molecule has 1 unspecified atom stereocenters. The number of carboxylic acid groups (broad SMARTS) is 1. The molecule has 9 heteroatoms. The van der Waals surface area contributed by atoms with Crippen molar-refractivity contribution in [3.8, 4) is 17.2 Å². The molecule has 0 spiro atoms. The SMILES string of the molecule is COc1cc(N2CC(C(=O)NC(C)(C)C(=O)O)CC2=O)cc(OC)c1OC. The van der Waals surface area contributed by atoms with Crippen molar-refractivity contribution >= 4 is 23.5 Å². The van der Waals surface area contributed by atoms with E-state index in [2.05, 4.69) is 5.32 Å². The lowest BCUT2D eigenvalue weighted by Gasteiger charge is -2.23. The van der Waals surface area contributed by atoms with Crippen molar-refractivity contribution < 1.29 is 33.7 Å². The Bertz CT molecular complexity index is 735. The first kappa shape index (κ1) is 20.3. The summed E-state index contributed by atoms with van der Waals surface area (Å²) >= 11 is 0. The molecule has 1 aliphatic heterocycles. The average Bonchev–Trinajstić information content (AvgIpc) is 3.01. The highest BCUT2D eigenvalue weighted by atomic mass is 16.5. The molecule has 1 heterocycles. The van der Waals surface area contributed by atoms with Gasteiger partial charge in [-0.25, -0.2) is 4.79 Å². The number of hydrogen-bond donors (Lipinski definition) is 2. The number of benzene rings is 1. The number of anilines is 1. The highest BCUT2D eigenvalue weighted by molar-refractivity contribution is 6.01. The number of carboxylic acids is 1. The van der Waals surface area contributed by atoms with Crippen LogP contribution in [0, 0.1) is 5.92 Å². The molecule has 0 saturated carbocycles. The van der Waals surface area contributed by atoms with Crippen molar-refractivity contribution in [2.45, 2.75) is 25.8 Å². The zero-order chi connectivity index (χ0) is 20.4. The Morgan fingerprint density at radius 1 is 1.15 bits per heavy atom. The summed E-state index contributed by atoms with van der Waals surface area (Å²) in [6.07, 6.45) is -0.0157. The second-order valence-electron chi connectivity index (χ2n) is 6.71. The zero-order valence-electron chi connectivity index (χ0n) is 16.0. The fraction of sp³-hybridized carbons (Fsp3) is 0.500.